The molecule has 0 N–H and O–H groups in total. The van der Waals surface area contributed by atoms with E-state index in [0.29, 0.717) is 12.5 Å². The van der Waals surface area contributed by atoms with Gasteiger partial charge in [-0.05, 0) is 45.4 Å². The van der Waals surface area contributed by atoms with Gasteiger partial charge in [0.05, 0.1) is 12.5 Å². The molecule has 0 saturated carbocycles. The second-order valence-corrected chi connectivity index (χ2v) is 5.23. The smallest absolute Gasteiger partial charge is 0.308 e. The third-order valence-electron chi connectivity index (χ3n) is 3.08. The van der Waals surface area contributed by atoms with Crippen LogP contribution in [0.2, 0.25) is 0 Å². The number of ether oxygens (including phenoxy) is 1. The molecule has 17 heavy (non-hydrogen) atoms. The van der Waals surface area contributed by atoms with Crippen molar-refractivity contribution in [1.82, 2.24) is 0 Å². The van der Waals surface area contributed by atoms with Crippen molar-refractivity contribution in [3.05, 3.63) is 11.6 Å². The maximum absolute atomic E-state index is 11.4. The summed E-state index contributed by atoms with van der Waals surface area (Å²) in [6.07, 6.45) is 6.39. The summed E-state index contributed by atoms with van der Waals surface area (Å²) in [4.78, 5) is 11.4. The van der Waals surface area contributed by atoms with Crippen LogP contribution in [0.5, 0.6) is 0 Å². The lowest BCUT2D eigenvalue weighted by atomic mass is 10.0. The van der Waals surface area contributed by atoms with Crippen LogP contribution in [-0.4, -0.2) is 12.6 Å². The summed E-state index contributed by atoms with van der Waals surface area (Å²) in [6, 6.07) is 0. The third-order valence-corrected chi connectivity index (χ3v) is 3.08. The Kier molecular flexibility index (Phi) is 8.83. The Morgan fingerprint density at radius 1 is 1.24 bits per heavy atom. The maximum atomic E-state index is 11.4. The summed E-state index contributed by atoms with van der Waals surface area (Å²) >= 11 is 0. The van der Waals surface area contributed by atoms with Gasteiger partial charge in [-0.15, -0.1) is 0 Å². The molecule has 0 spiro atoms. The average molecular weight is 240 g/mol. The Bertz CT molecular complexity index is 239. The van der Waals surface area contributed by atoms with Gasteiger partial charge in [0.15, 0.2) is 0 Å². The first kappa shape index (κ1) is 16.2. The highest BCUT2D eigenvalue weighted by atomic mass is 16.5. The predicted octanol–water partition coefficient (Wildman–Crippen LogP) is 4.35. The first-order valence-corrected chi connectivity index (χ1v) is 6.77. The molecule has 0 aliphatic heterocycles. The van der Waals surface area contributed by atoms with Gasteiger partial charge in [0, 0.05) is 0 Å². The minimum Gasteiger partial charge on any atom is -0.465 e. The number of hydrogen-bond acceptors (Lipinski definition) is 2. The molecule has 0 aliphatic carbocycles. The molecule has 0 aromatic rings. The molecule has 0 radical (unpaired) electrons. The average Bonchev–Trinajstić information content (AvgIpc) is 2.27. The van der Waals surface area contributed by atoms with Crippen molar-refractivity contribution in [2.45, 2.75) is 60.3 Å². The van der Waals surface area contributed by atoms with Gasteiger partial charge in [-0.1, -0.05) is 32.4 Å². The zero-order valence-electron chi connectivity index (χ0n) is 12.1. The van der Waals surface area contributed by atoms with Crippen LogP contribution in [-0.2, 0) is 9.53 Å². The summed E-state index contributed by atoms with van der Waals surface area (Å²) in [7, 11) is 0. The lowest BCUT2D eigenvalue weighted by molar-refractivity contribution is -0.148. The van der Waals surface area contributed by atoms with Crippen LogP contribution in [0.15, 0.2) is 11.6 Å². The van der Waals surface area contributed by atoms with Crippen molar-refractivity contribution in [3.63, 3.8) is 0 Å². The Morgan fingerprint density at radius 3 is 2.41 bits per heavy atom. The summed E-state index contributed by atoms with van der Waals surface area (Å²) in [5.74, 6) is 0.607. The van der Waals surface area contributed by atoms with Crippen LogP contribution in [0.3, 0.4) is 0 Å². The minimum absolute atomic E-state index is 0.0379. The fraction of sp³-hybridized carbons (Fsp3) is 0.800. The highest BCUT2D eigenvalue weighted by molar-refractivity contribution is 5.71. The number of carbonyl (C=O) groups excluding carboxylic acids is 1. The van der Waals surface area contributed by atoms with Crippen LogP contribution in [0.1, 0.15) is 60.3 Å². The third kappa shape index (κ3) is 8.96. The lowest BCUT2D eigenvalue weighted by Crippen LogP contribution is -2.15. The zero-order valence-corrected chi connectivity index (χ0v) is 12.1. The quantitative estimate of drug-likeness (QED) is 0.466. The van der Waals surface area contributed by atoms with Crippen LogP contribution >= 0.6 is 0 Å². The second kappa shape index (κ2) is 9.26. The monoisotopic (exact) mass is 240 g/mol. The van der Waals surface area contributed by atoms with Gasteiger partial charge >= 0.3 is 5.97 Å². The van der Waals surface area contributed by atoms with Crippen molar-refractivity contribution >= 4 is 5.97 Å². The van der Waals surface area contributed by atoms with E-state index in [9.17, 15) is 4.79 Å². The van der Waals surface area contributed by atoms with E-state index in [1.165, 1.54) is 12.0 Å². The highest BCUT2D eigenvalue weighted by Crippen LogP contribution is 2.12. The molecule has 100 valence electrons. The highest BCUT2D eigenvalue weighted by Gasteiger charge is 2.12. The van der Waals surface area contributed by atoms with Crippen LogP contribution in [0.25, 0.3) is 0 Å². The normalized spacial score (nSPS) is 13.9. The molecule has 0 aliphatic rings. The Morgan fingerprint density at radius 2 is 1.88 bits per heavy atom. The zero-order chi connectivity index (χ0) is 13.3. The van der Waals surface area contributed by atoms with Crippen molar-refractivity contribution < 1.29 is 9.53 Å². The molecule has 0 saturated heterocycles. The van der Waals surface area contributed by atoms with Gasteiger partial charge < -0.3 is 4.74 Å². The van der Waals surface area contributed by atoms with Gasteiger partial charge in [-0.25, -0.2) is 0 Å². The van der Waals surface area contributed by atoms with E-state index in [1.807, 2.05) is 13.8 Å². The van der Waals surface area contributed by atoms with Gasteiger partial charge in [-0.3, -0.25) is 4.79 Å². The van der Waals surface area contributed by atoms with E-state index in [0.717, 1.165) is 19.3 Å². The van der Waals surface area contributed by atoms with E-state index in [4.69, 9.17) is 4.74 Å². The van der Waals surface area contributed by atoms with Crippen LogP contribution in [0.4, 0.5) is 0 Å². The Balaban J connectivity index is 3.61. The molecule has 2 nitrogen and oxygen atoms in total. The van der Waals surface area contributed by atoms with Crippen molar-refractivity contribution in [1.29, 1.82) is 0 Å². The fourth-order valence-corrected chi connectivity index (χ4v) is 1.47. The molecule has 2 heteroatoms. The first-order chi connectivity index (χ1) is 7.97. The van der Waals surface area contributed by atoms with Gasteiger partial charge in [0.1, 0.15) is 0 Å². The molecule has 0 aromatic carbocycles. The van der Waals surface area contributed by atoms with Gasteiger partial charge in [0.2, 0.25) is 0 Å². The molecule has 0 heterocycles. The molecule has 2 atom stereocenters. The maximum Gasteiger partial charge on any atom is 0.308 e. The van der Waals surface area contributed by atoms with Crippen LogP contribution < -0.4 is 0 Å². The largest absolute Gasteiger partial charge is 0.465 e. The number of hydrogen-bond donors (Lipinski definition) is 0. The van der Waals surface area contributed by atoms with E-state index in [2.05, 4.69) is 26.8 Å². The Labute approximate surface area is 106 Å². The van der Waals surface area contributed by atoms with Crippen LogP contribution in [0, 0.1) is 11.8 Å². The predicted molar refractivity (Wildman–Crippen MR) is 72.9 cm³/mol. The summed E-state index contributed by atoms with van der Waals surface area (Å²) in [5, 5.41) is 0. The van der Waals surface area contributed by atoms with Crippen molar-refractivity contribution in [2.24, 2.45) is 11.8 Å². The minimum atomic E-state index is -0.0519. The number of esters is 1. The SMILES string of the molecule is CC[C@H](C)C(=O)OCC[C@H](C)CCC=C(C)C. The lowest BCUT2D eigenvalue weighted by Gasteiger charge is -2.12. The molecule has 0 fully saturated rings. The van der Waals surface area contributed by atoms with E-state index >= 15 is 0 Å². The molecule has 0 amide bonds. The molecular weight excluding hydrogens is 212 g/mol. The van der Waals surface area contributed by atoms with Gasteiger partial charge in [-0.2, -0.15) is 0 Å². The fourth-order valence-electron chi connectivity index (χ4n) is 1.47. The molecule has 0 aromatic heterocycles. The topological polar surface area (TPSA) is 26.3 Å². The van der Waals surface area contributed by atoms with Crippen molar-refractivity contribution in [2.75, 3.05) is 6.61 Å². The van der Waals surface area contributed by atoms with Gasteiger partial charge in [0.25, 0.3) is 0 Å². The summed E-state index contributed by atoms with van der Waals surface area (Å²) in [6.45, 7) is 11.0. The Hall–Kier alpha value is -0.790. The first-order valence-electron chi connectivity index (χ1n) is 6.77. The standard InChI is InChI=1S/C15H28O2/c1-6-14(5)15(16)17-11-10-13(4)9-7-8-12(2)3/h8,13-14H,6-7,9-11H2,1-5H3/t13-,14+/m1/s1. The number of carbonyl (C=O) groups is 1. The molecule has 0 rings (SSSR count). The van der Waals surface area contributed by atoms with E-state index in [-0.39, 0.29) is 11.9 Å². The molecule has 0 bridgehead atoms. The second-order valence-electron chi connectivity index (χ2n) is 5.23. The molecule has 0 unspecified atom stereocenters. The number of allylic oxidation sites excluding steroid dienone is 2. The molecular formula is C15H28O2. The summed E-state index contributed by atoms with van der Waals surface area (Å²) in [5.41, 5.74) is 1.38. The van der Waals surface area contributed by atoms with E-state index < -0.39 is 0 Å². The van der Waals surface area contributed by atoms with Crippen molar-refractivity contribution in [3.8, 4) is 0 Å². The summed E-state index contributed by atoms with van der Waals surface area (Å²) < 4.78 is 5.24. The number of rotatable bonds is 8. The van der Waals surface area contributed by atoms with E-state index in [1.54, 1.807) is 0 Å².